The number of aryl methyl sites for hydroxylation is 1. The van der Waals surface area contributed by atoms with Crippen LogP contribution >= 0.6 is 0 Å². The summed E-state index contributed by atoms with van der Waals surface area (Å²) in [4.78, 5) is 26.4. The molecule has 5 nitrogen and oxygen atoms in total. The Hall–Kier alpha value is -2.17. The zero-order chi connectivity index (χ0) is 13.0. The Morgan fingerprint density at radius 1 is 1.24 bits per heavy atom. The van der Waals surface area contributed by atoms with E-state index < -0.39 is 11.9 Å². The van der Waals surface area contributed by atoms with Crippen molar-refractivity contribution in [1.82, 2.24) is 4.98 Å². The number of nitrogens with one attached hydrogen (secondary N) is 1. The first-order valence-corrected chi connectivity index (χ1v) is 5.06. The van der Waals surface area contributed by atoms with Crippen molar-refractivity contribution in [3.8, 4) is 0 Å². The van der Waals surface area contributed by atoms with Gasteiger partial charge in [0.15, 0.2) is 0 Å². The van der Waals surface area contributed by atoms with E-state index in [1.165, 1.54) is 20.0 Å². The smallest absolute Gasteiger partial charge is 0.331 e. The average Bonchev–Trinajstić information content (AvgIpc) is 2.30. The summed E-state index contributed by atoms with van der Waals surface area (Å²) in [5, 5.41) is 11.3. The van der Waals surface area contributed by atoms with Crippen molar-refractivity contribution in [2.75, 3.05) is 5.32 Å². The summed E-state index contributed by atoms with van der Waals surface area (Å²) in [6, 6.07) is 3.47. The lowest BCUT2D eigenvalue weighted by Crippen LogP contribution is -2.16. The van der Waals surface area contributed by atoms with Crippen LogP contribution in [0.25, 0.3) is 0 Å². The number of aromatic nitrogens is 1. The molecule has 5 heteroatoms. The molecule has 1 amide bonds. The highest BCUT2D eigenvalue weighted by Gasteiger charge is 2.12. The summed E-state index contributed by atoms with van der Waals surface area (Å²) in [5.41, 5.74) is 1.59. The Morgan fingerprint density at radius 3 is 2.35 bits per heavy atom. The Labute approximate surface area is 99.2 Å². The summed E-state index contributed by atoms with van der Waals surface area (Å²) >= 11 is 0. The Balaban J connectivity index is 2.83. The summed E-state index contributed by atoms with van der Waals surface area (Å²) in [5.74, 6) is -1.53. The number of anilines is 1. The van der Waals surface area contributed by atoms with Gasteiger partial charge in [0, 0.05) is 16.8 Å². The molecule has 0 fully saturated rings. The molecule has 1 aromatic rings. The lowest BCUT2D eigenvalue weighted by Gasteiger charge is -2.06. The third kappa shape index (κ3) is 3.41. The number of hydrogen-bond acceptors (Lipinski definition) is 3. The van der Waals surface area contributed by atoms with E-state index in [0.29, 0.717) is 5.69 Å². The second-order valence-electron chi connectivity index (χ2n) is 3.70. The van der Waals surface area contributed by atoms with Crippen LogP contribution in [0.3, 0.4) is 0 Å². The minimum Gasteiger partial charge on any atom is -0.478 e. The predicted octanol–water partition coefficient (Wildman–Crippen LogP) is 1.75. The van der Waals surface area contributed by atoms with Gasteiger partial charge in [0.25, 0.3) is 5.91 Å². The van der Waals surface area contributed by atoms with Gasteiger partial charge in [0.05, 0.1) is 11.9 Å². The third-order valence-corrected chi connectivity index (χ3v) is 2.39. The van der Waals surface area contributed by atoms with Crippen molar-refractivity contribution in [2.24, 2.45) is 0 Å². The fourth-order valence-electron chi connectivity index (χ4n) is 1.10. The molecule has 0 radical (unpaired) electrons. The number of carbonyl (C=O) groups is 2. The van der Waals surface area contributed by atoms with Crippen LogP contribution in [-0.4, -0.2) is 22.0 Å². The van der Waals surface area contributed by atoms with Crippen LogP contribution < -0.4 is 5.32 Å². The molecule has 0 aliphatic carbocycles. The molecule has 0 aliphatic rings. The van der Waals surface area contributed by atoms with Crippen molar-refractivity contribution in [2.45, 2.75) is 20.8 Å². The second-order valence-corrected chi connectivity index (χ2v) is 3.70. The van der Waals surface area contributed by atoms with Crippen molar-refractivity contribution < 1.29 is 14.7 Å². The first-order valence-electron chi connectivity index (χ1n) is 5.06. The molecule has 0 saturated carbocycles. The van der Waals surface area contributed by atoms with E-state index in [-0.39, 0.29) is 11.1 Å². The van der Waals surface area contributed by atoms with Crippen LogP contribution in [0.5, 0.6) is 0 Å². The van der Waals surface area contributed by atoms with E-state index in [4.69, 9.17) is 5.11 Å². The molecule has 0 unspecified atom stereocenters. The fraction of sp³-hybridized carbons (Fsp3) is 0.250. The Bertz CT molecular complexity index is 475. The average molecular weight is 234 g/mol. The van der Waals surface area contributed by atoms with Gasteiger partial charge in [-0.05, 0) is 32.9 Å². The normalized spacial score (nSPS) is 11.7. The topological polar surface area (TPSA) is 79.3 Å². The highest BCUT2D eigenvalue weighted by atomic mass is 16.4. The van der Waals surface area contributed by atoms with Gasteiger partial charge in [-0.25, -0.2) is 4.79 Å². The van der Waals surface area contributed by atoms with Crippen molar-refractivity contribution >= 4 is 17.6 Å². The number of amides is 1. The van der Waals surface area contributed by atoms with Crippen LogP contribution in [0.4, 0.5) is 5.69 Å². The molecular formula is C12H14N2O3. The molecule has 0 bridgehead atoms. The van der Waals surface area contributed by atoms with Crippen LogP contribution in [0.2, 0.25) is 0 Å². The number of aliphatic carboxylic acids is 1. The van der Waals surface area contributed by atoms with Crippen molar-refractivity contribution in [3.05, 3.63) is 35.2 Å². The predicted molar refractivity (Wildman–Crippen MR) is 63.6 cm³/mol. The van der Waals surface area contributed by atoms with Gasteiger partial charge in [-0.2, -0.15) is 0 Å². The number of pyridine rings is 1. The van der Waals surface area contributed by atoms with E-state index in [1.54, 1.807) is 12.1 Å². The van der Waals surface area contributed by atoms with Gasteiger partial charge >= 0.3 is 5.97 Å². The Kier molecular flexibility index (Phi) is 3.98. The maximum atomic E-state index is 11.7. The van der Waals surface area contributed by atoms with Crippen molar-refractivity contribution in [3.63, 3.8) is 0 Å². The molecule has 90 valence electrons. The van der Waals surface area contributed by atoms with Gasteiger partial charge < -0.3 is 10.4 Å². The number of carboxylic acid groups (broad SMARTS) is 1. The standard InChI is InChI=1S/C12H14N2O3/c1-7-4-5-10(6-13-7)14-11(15)8(2)9(3)12(16)17/h4-6H,1-3H3,(H,14,15)(H,16,17)/b9-8+. The van der Waals surface area contributed by atoms with E-state index >= 15 is 0 Å². The molecule has 1 heterocycles. The zero-order valence-electron chi connectivity index (χ0n) is 9.94. The Morgan fingerprint density at radius 2 is 1.88 bits per heavy atom. The van der Waals surface area contributed by atoms with E-state index in [0.717, 1.165) is 5.69 Å². The SMILES string of the molecule is C/C(C(=O)O)=C(/C)C(=O)Nc1ccc(C)nc1. The van der Waals surface area contributed by atoms with Gasteiger partial charge in [0.2, 0.25) is 0 Å². The van der Waals surface area contributed by atoms with Gasteiger partial charge in [0.1, 0.15) is 0 Å². The molecule has 0 aliphatic heterocycles. The summed E-state index contributed by atoms with van der Waals surface area (Å²) < 4.78 is 0. The number of carbonyl (C=O) groups excluding carboxylic acids is 1. The molecule has 0 atom stereocenters. The molecule has 2 N–H and O–H groups in total. The van der Waals surface area contributed by atoms with E-state index in [1.807, 2.05) is 6.92 Å². The van der Waals surface area contributed by atoms with Crippen LogP contribution in [0, 0.1) is 6.92 Å². The molecular weight excluding hydrogens is 220 g/mol. The summed E-state index contributed by atoms with van der Waals surface area (Å²) in [6.07, 6.45) is 1.52. The van der Waals surface area contributed by atoms with E-state index in [9.17, 15) is 9.59 Å². The number of nitrogens with zero attached hydrogens (tertiary/aromatic N) is 1. The first-order chi connectivity index (χ1) is 7.91. The zero-order valence-corrected chi connectivity index (χ0v) is 9.94. The van der Waals surface area contributed by atoms with Crippen LogP contribution in [-0.2, 0) is 9.59 Å². The largest absolute Gasteiger partial charge is 0.478 e. The van der Waals surface area contributed by atoms with E-state index in [2.05, 4.69) is 10.3 Å². The molecule has 1 rings (SSSR count). The number of carboxylic acids is 1. The fourth-order valence-corrected chi connectivity index (χ4v) is 1.10. The van der Waals surface area contributed by atoms with Crippen molar-refractivity contribution in [1.29, 1.82) is 0 Å². The quantitative estimate of drug-likeness (QED) is 0.781. The second kappa shape index (κ2) is 5.25. The lowest BCUT2D eigenvalue weighted by atomic mass is 10.1. The van der Waals surface area contributed by atoms with Crippen LogP contribution in [0.1, 0.15) is 19.5 Å². The van der Waals surface area contributed by atoms with Gasteiger partial charge in [-0.3, -0.25) is 9.78 Å². The molecule has 0 aromatic carbocycles. The molecule has 17 heavy (non-hydrogen) atoms. The summed E-state index contributed by atoms with van der Waals surface area (Å²) in [6.45, 7) is 4.70. The minimum absolute atomic E-state index is 0.0302. The highest BCUT2D eigenvalue weighted by Crippen LogP contribution is 2.10. The molecule has 0 saturated heterocycles. The maximum absolute atomic E-state index is 11.7. The summed E-state index contributed by atoms with van der Waals surface area (Å²) in [7, 11) is 0. The minimum atomic E-state index is -1.10. The monoisotopic (exact) mass is 234 g/mol. The van der Waals surface area contributed by atoms with Gasteiger partial charge in [-0.15, -0.1) is 0 Å². The molecule has 1 aromatic heterocycles. The lowest BCUT2D eigenvalue weighted by molar-refractivity contribution is -0.133. The van der Waals surface area contributed by atoms with Gasteiger partial charge in [-0.1, -0.05) is 0 Å². The number of rotatable bonds is 3. The molecule has 0 spiro atoms. The highest BCUT2D eigenvalue weighted by molar-refractivity contribution is 6.07. The van der Waals surface area contributed by atoms with Crippen LogP contribution in [0.15, 0.2) is 29.5 Å². The maximum Gasteiger partial charge on any atom is 0.331 e. The first kappa shape index (κ1) is 12.9. The third-order valence-electron chi connectivity index (χ3n) is 2.39. The number of hydrogen-bond donors (Lipinski definition) is 2.